The van der Waals surface area contributed by atoms with Crippen molar-refractivity contribution >= 4 is 29.2 Å². The Kier molecular flexibility index (Phi) is 5.93. The molecule has 0 aromatic heterocycles. The fraction of sp³-hybridized carbons (Fsp3) is 0.286. The van der Waals surface area contributed by atoms with Crippen LogP contribution in [0.2, 0.25) is 0 Å². The topological polar surface area (TPSA) is 84.9 Å². The summed E-state index contributed by atoms with van der Waals surface area (Å²) in [5.74, 6) is -0.478. The number of hydrogen-bond donors (Lipinski definition) is 1. The average Bonchev–Trinajstić information content (AvgIpc) is 3.11. The molecule has 1 aliphatic rings. The third kappa shape index (κ3) is 4.31. The lowest BCUT2D eigenvalue weighted by molar-refractivity contribution is -0.122. The lowest BCUT2D eigenvalue weighted by Crippen LogP contribution is -2.28. The molecule has 1 atom stereocenters. The zero-order chi connectivity index (χ0) is 20.1. The Morgan fingerprint density at radius 3 is 2.39 bits per heavy atom. The van der Waals surface area contributed by atoms with E-state index in [4.69, 9.17) is 4.74 Å². The largest absolute Gasteiger partial charge is 0.494 e. The number of methoxy groups -OCH3 is 1. The van der Waals surface area contributed by atoms with Crippen LogP contribution in [0.4, 0.5) is 11.4 Å². The van der Waals surface area contributed by atoms with Gasteiger partial charge in [-0.3, -0.25) is 9.59 Å². The van der Waals surface area contributed by atoms with Crippen LogP contribution < -0.4 is 15.0 Å². The fourth-order valence-corrected chi connectivity index (χ4v) is 3.07. The van der Waals surface area contributed by atoms with Gasteiger partial charge in [0.25, 0.3) is 0 Å². The van der Waals surface area contributed by atoms with E-state index in [0.717, 1.165) is 5.75 Å². The van der Waals surface area contributed by atoms with Crippen molar-refractivity contribution in [2.45, 2.75) is 13.3 Å². The molecular weight excluding hydrogens is 360 g/mol. The standard InChI is InChI=1S/C21H22N2O5/c1-3-28-18-10-6-16(7-11-18)22-20(25)15-12-19(24)23(13-15)17-8-4-14(5-9-17)21(26)27-2/h4-11,15H,3,12-13H2,1-2H3,(H,22,25). The first kappa shape index (κ1) is 19.4. The van der Waals surface area contributed by atoms with E-state index >= 15 is 0 Å². The predicted molar refractivity (Wildman–Crippen MR) is 104 cm³/mol. The van der Waals surface area contributed by atoms with E-state index in [1.54, 1.807) is 53.4 Å². The van der Waals surface area contributed by atoms with Crippen LogP contribution in [0.5, 0.6) is 5.75 Å². The Hall–Kier alpha value is -3.35. The molecule has 0 radical (unpaired) electrons. The second kappa shape index (κ2) is 8.56. The summed E-state index contributed by atoms with van der Waals surface area (Å²) in [6.07, 6.45) is 0.140. The summed E-state index contributed by atoms with van der Waals surface area (Å²) < 4.78 is 10.0. The number of esters is 1. The second-order valence-corrected chi connectivity index (χ2v) is 6.39. The number of hydrogen-bond acceptors (Lipinski definition) is 5. The number of nitrogens with zero attached hydrogens (tertiary/aromatic N) is 1. The minimum absolute atomic E-state index is 0.127. The van der Waals surface area contributed by atoms with Crippen LogP contribution in [-0.4, -0.2) is 38.0 Å². The summed E-state index contributed by atoms with van der Waals surface area (Å²) in [7, 11) is 1.31. The van der Waals surface area contributed by atoms with Gasteiger partial charge in [0.15, 0.2) is 0 Å². The fourth-order valence-electron chi connectivity index (χ4n) is 3.07. The summed E-state index contributed by atoms with van der Waals surface area (Å²) in [5, 5.41) is 2.84. The van der Waals surface area contributed by atoms with Gasteiger partial charge in [-0.2, -0.15) is 0 Å². The first-order valence-corrected chi connectivity index (χ1v) is 9.04. The molecule has 7 heteroatoms. The van der Waals surface area contributed by atoms with Crippen LogP contribution in [0, 0.1) is 5.92 Å². The summed E-state index contributed by atoms with van der Waals surface area (Å²) in [5.41, 5.74) is 1.71. The van der Waals surface area contributed by atoms with Crippen molar-refractivity contribution < 1.29 is 23.9 Å². The number of ether oxygens (including phenoxy) is 2. The van der Waals surface area contributed by atoms with Crippen molar-refractivity contribution in [2.75, 3.05) is 30.5 Å². The van der Waals surface area contributed by atoms with Crippen LogP contribution in [0.15, 0.2) is 48.5 Å². The monoisotopic (exact) mass is 382 g/mol. The predicted octanol–water partition coefficient (Wildman–Crippen LogP) is 2.86. The number of nitrogens with one attached hydrogen (secondary N) is 1. The summed E-state index contributed by atoms with van der Waals surface area (Å²) in [6.45, 7) is 2.77. The van der Waals surface area contributed by atoms with Crippen molar-refractivity contribution in [2.24, 2.45) is 5.92 Å². The number of carbonyl (C=O) groups excluding carboxylic acids is 3. The Balaban J connectivity index is 1.63. The van der Waals surface area contributed by atoms with Crippen LogP contribution in [0.25, 0.3) is 0 Å². The van der Waals surface area contributed by atoms with Gasteiger partial charge in [-0.05, 0) is 55.5 Å². The Labute approximate surface area is 163 Å². The zero-order valence-corrected chi connectivity index (χ0v) is 15.8. The third-order valence-corrected chi connectivity index (χ3v) is 4.53. The van der Waals surface area contributed by atoms with Crippen molar-refractivity contribution in [3.63, 3.8) is 0 Å². The van der Waals surface area contributed by atoms with Gasteiger partial charge in [0, 0.05) is 24.3 Å². The highest BCUT2D eigenvalue weighted by atomic mass is 16.5. The molecule has 28 heavy (non-hydrogen) atoms. The van der Waals surface area contributed by atoms with Gasteiger partial charge in [-0.25, -0.2) is 4.79 Å². The summed E-state index contributed by atoms with van der Waals surface area (Å²) >= 11 is 0. The first-order chi connectivity index (χ1) is 13.5. The zero-order valence-electron chi connectivity index (χ0n) is 15.8. The lowest BCUT2D eigenvalue weighted by atomic mass is 10.1. The highest BCUT2D eigenvalue weighted by Crippen LogP contribution is 2.27. The van der Waals surface area contributed by atoms with Crippen molar-refractivity contribution in [3.8, 4) is 5.75 Å². The first-order valence-electron chi connectivity index (χ1n) is 9.04. The van der Waals surface area contributed by atoms with E-state index in [0.29, 0.717) is 30.1 Å². The minimum atomic E-state index is -0.445. The molecule has 2 aromatic carbocycles. The van der Waals surface area contributed by atoms with Crippen LogP contribution >= 0.6 is 0 Å². The molecule has 0 aliphatic carbocycles. The van der Waals surface area contributed by atoms with E-state index in [-0.39, 0.29) is 18.2 Å². The van der Waals surface area contributed by atoms with Gasteiger partial charge in [0.1, 0.15) is 5.75 Å². The van der Waals surface area contributed by atoms with Gasteiger partial charge < -0.3 is 19.7 Å². The molecule has 1 aliphatic heterocycles. The van der Waals surface area contributed by atoms with Gasteiger partial charge >= 0.3 is 5.97 Å². The van der Waals surface area contributed by atoms with Crippen molar-refractivity contribution in [1.82, 2.24) is 0 Å². The molecule has 0 saturated carbocycles. The highest BCUT2D eigenvalue weighted by Gasteiger charge is 2.35. The Morgan fingerprint density at radius 1 is 1.11 bits per heavy atom. The van der Waals surface area contributed by atoms with E-state index in [1.807, 2.05) is 6.92 Å². The maximum Gasteiger partial charge on any atom is 0.337 e. The molecule has 1 fully saturated rings. The molecule has 3 rings (SSSR count). The molecular formula is C21H22N2O5. The quantitative estimate of drug-likeness (QED) is 0.777. The molecule has 1 N–H and O–H groups in total. The molecule has 0 spiro atoms. The van der Waals surface area contributed by atoms with Gasteiger partial charge in [0.2, 0.25) is 11.8 Å². The van der Waals surface area contributed by atoms with E-state index in [1.165, 1.54) is 7.11 Å². The van der Waals surface area contributed by atoms with Crippen LogP contribution in [-0.2, 0) is 14.3 Å². The van der Waals surface area contributed by atoms with Gasteiger partial charge in [-0.15, -0.1) is 0 Å². The molecule has 1 unspecified atom stereocenters. The maximum absolute atomic E-state index is 12.5. The molecule has 7 nitrogen and oxygen atoms in total. The third-order valence-electron chi connectivity index (χ3n) is 4.53. The summed E-state index contributed by atoms with van der Waals surface area (Å²) in [4.78, 5) is 38.0. The smallest absolute Gasteiger partial charge is 0.337 e. The minimum Gasteiger partial charge on any atom is -0.494 e. The normalized spacial score (nSPS) is 16.0. The highest BCUT2D eigenvalue weighted by molar-refractivity contribution is 6.03. The SMILES string of the molecule is CCOc1ccc(NC(=O)C2CC(=O)N(c3ccc(C(=O)OC)cc3)C2)cc1. The number of carbonyl (C=O) groups is 3. The number of rotatable bonds is 6. The Bertz CT molecular complexity index is 861. The average molecular weight is 382 g/mol. The van der Waals surface area contributed by atoms with Crippen LogP contribution in [0.3, 0.4) is 0 Å². The van der Waals surface area contributed by atoms with E-state index in [2.05, 4.69) is 10.1 Å². The number of amides is 2. The molecule has 146 valence electrons. The van der Waals surface area contributed by atoms with Crippen LogP contribution in [0.1, 0.15) is 23.7 Å². The van der Waals surface area contributed by atoms with Crippen molar-refractivity contribution in [1.29, 1.82) is 0 Å². The number of benzene rings is 2. The van der Waals surface area contributed by atoms with E-state index in [9.17, 15) is 14.4 Å². The van der Waals surface area contributed by atoms with E-state index < -0.39 is 11.9 Å². The van der Waals surface area contributed by atoms with Gasteiger partial charge in [0.05, 0.1) is 25.2 Å². The summed E-state index contributed by atoms with van der Waals surface area (Å²) in [6, 6.07) is 13.7. The number of anilines is 2. The molecule has 2 amide bonds. The second-order valence-electron chi connectivity index (χ2n) is 6.39. The maximum atomic E-state index is 12.5. The Morgan fingerprint density at radius 2 is 1.79 bits per heavy atom. The van der Waals surface area contributed by atoms with Gasteiger partial charge in [-0.1, -0.05) is 0 Å². The molecule has 2 aromatic rings. The molecule has 0 bridgehead atoms. The van der Waals surface area contributed by atoms with Crippen molar-refractivity contribution in [3.05, 3.63) is 54.1 Å². The molecule has 1 heterocycles. The molecule has 1 saturated heterocycles. The lowest BCUT2D eigenvalue weighted by Gasteiger charge is -2.17.